The molecule has 1 aromatic carbocycles. The van der Waals surface area contributed by atoms with E-state index in [9.17, 15) is 13.7 Å². The molecule has 3 aromatic rings. The molecule has 1 unspecified atom stereocenters. The Morgan fingerprint density at radius 3 is 2.87 bits per heavy atom. The van der Waals surface area contributed by atoms with Crippen molar-refractivity contribution in [3.63, 3.8) is 0 Å². The van der Waals surface area contributed by atoms with Crippen LogP contribution in [0, 0.1) is 11.3 Å². The minimum absolute atomic E-state index is 0.0842. The predicted molar refractivity (Wildman–Crippen MR) is 111 cm³/mol. The average molecular weight is 428 g/mol. The molecule has 0 spiro atoms. The van der Waals surface area contributed by atoms with Crippen molar-refractivity contribution in [3.8, 4) is 11.8 Å². The van der Waals surface area contributed by atoms with Gasteiger partial charge in [0.1, 0.15) is 23.3 Å². The number of hydrogen-bond donors (Lipinski definition) is 3. The minimum Gasteiger partial charge on any atom is -0.495 e. The monoisotopic (exact) mass is 428 g/mol. The summed E-state index contributed by atoms with van der Waals surface area (Å²) in [5.74, 6) is 1.12. The molecule has 1 aliphatic heterocycles. The first-order valence-corrected chi connectivity index (χ1v) is 11.1. The number of anilines is 3. The van der Waals surface area contributed by atoms with Gasteiger partial charge in [0, 0.05) is 25.1 Å². The van der Waals surface area contributed by atoms with Crippen molar-refractivity contribution in [2.75, 3.05) is 37.2 Å². The lowest BCUT2D eigenvalue weighted by Gasteiger charge is -2.15. The van der Waals surface area contributed by atoms with Crippen LogP contribution in [0.4, 0.5) is 17.5 Å². The zero-order valence-corrected chi connectivity index (χ0v) is 17.2. The summed E-state index contributed by atoms with van der Waals surface area (Å²) in [6, 6.07) is 6.74. The molecule has 30 heavy (non-hydrogen) atoms. The quantitative estimate of drug-likeness (QED) is 0.538. The minimum atomic E-state index is -3.37. The lowest BCUT2D eigenvalue weighted by molar-refractivity contribution is 0.195. The Morgan fingerprint density at radius 2 is 2.20 bits per heavy atom. The molecule has 3 N–H and O–H groups in total. The van der Waals surface area contributed by atoms with Gasteiger partial charge in [-0.25, -0.2) is 8.42 Å². The third-order valence-electron chi connectivity index (χ3n) is 4.77. The van der Waals surface area contributed by atoms with Gasteiger partial charge >= 0.3 is 0 Å². The lowest BCUT2D eigenvalue weighted by Crippen LogP contribution is -2.20. The molecule has 156 valence electrons. The van der Waals surface area contributed by atoms with Gasteiger partial charge in [-0.1, -0.05) is 0 Å². The first kappa shape index (κ1) is 19.9. The number of nitrogens with one attached hydrogen (secondary N) is 3. The topological polar surface area (TPSA) is 142 Å². The summed E-state index contributed by atoms with van der Waals surface area (Å²) in [6.07, 6.45) is 3.55. The highest BCUT2D eigenvalue weighted by molar-refractivity contribution is 7.90. The van der Waals surface area contributed by atoms with Crippen molar-refractivity contribution >= 4 is 38.3 Å². The van der Waals surface area contributed by atoms with Crippen LogP contribution in [0.3, 0.4) is 0 Å². The van der Waals surface area contributed by atoms with Crippen LogP contribution < -0.4 is 15.4 Å². The number of aromatic nitrogens is 3. The van der Waals surface area contributed by atoms with E-state index in [0.29, 0.717) is 47.1 Å². The van der Waals surface area contributed by atoms with Crippen LogP contribution >= 0.6 is 0 Å². The number of methoxy groups -OCH3 is 1. The molecule has 0 radical (unpaired) electrons. The number of H-pyrrole nitrogens is 1. The zero-order chi connectivity index (χ0) is 21.3. The van der Waals surface area contributed by atoms with Crippen molar-refractivity contribution in [2.45, 2.75) is 17.4 Å². The fraction of sp³-hybridized carbons (Fsp3) is 0.316. The SMILES string of the molecule is COc1cc(S(C)(=O)=O)ccc1Nc1nc(NC2CCOC2)c2c(C#N)c[nH]c2n1. The first-order valence-electron chi connectivity index (χ1n) is 9.17. The van der Waals surface area contributed by atoms with E-state index in [1.165, 1.54) is 19.2 Å². The van der Waals surface area contributed by atoms with Crippen LogP contribution in [0.5, 0.6) is 5.75 Å². The van der Waals surface area contributed by atoms with Crippen LogP contribution in [0.25, 0.3) is 11.0 Å². The molecule has 0 bridgehead atoms. The summed E-state index contributed by atoms with van der Waals surface area (Å²) in [5.41, 5.74) is 1.44. The number of nitriles is 1. The van der Waals surface area contributed by atoms with Crippen molar-refractivity contribution < 1.29 is 17.9 Å². The molecule has 0 aliphatic carbocycles. The van der Waals surface area contributed by atoms with E-state index in [-0.39, 0.29) is 16.9 Å². The molecule has 1 atom stereocenters. The van der Waals surface area contributed by atoms with Crippen LogP contribution in [-0.2, 0) is 14.6 Å². The fourth-order valence-electron chi connectivity index (χ4n) is 3.25. The maximum atomic E-state index is 11.8. The zero-order valence-electron chi connectivity index (χ0n) is 16.4. The number of aromatic amines is 1. The summed E-state index contributed by atoms with van der Waals surface area (Å²) >= 11 is 0. The highest BCUT2D eigenvalue weighted by atomic mass is 32.2. The second kappa shape index (κ2) is 7.81. The highest BCUT2D eigenvalue weighted by Gasteiger charge is 2.21. The number of benzene rings is 1. The van der Waals surface area contributed by atoms with Gasteiger partial charge in [0.2, 0.25) is 5.95 Å². The molecular weight excluding hydrogens is 408 g/mol. The van der Waals surface area contributed by atoms with Crippen molar-refractivity contribution in [2.24, 2.45) is 0 Å². The number of fused-ring (bicyclic) bond motifs is 1. The number of nitrogens with zero attached hydrogens (tertiary/aromatic N) is 3. The molecule has 1 saturated heterocycles. The van der Waals surface area contributed by atoms with E-state index in [1.807, 2.05) is 0 Å². The Bertz CT molecular complexity index is 1240. The van der Waals surface area contributed by atoms with Gasteiger partial charge in [-0.15, -0.1) is 0 Å². The van der Waals surface area contributed by atoms with E-state index < -0.39 is 9.84 Å². The first-order chi connectivity index (χ1) is 14.4. The van der Waals surface area contributed by atoms with Crippen LogP contribution in [-0.4, -0.2) is 56.0 Å². The third-order valence-corrected chi connectivity index (χ3v) is 5.88. The maximum absolute atomic E-state index is 11.8. The summed E-state index contributed by atoms with van der Waals surface area (Å²) in [7, 11) is -1.92. The summed E-state index contributed by atoms with van der Waals surface area (Å²) in [5, 5.41) is 16.4. The van der Waals surface area contributed by atoms with Crippen LogP contribution in [0.1, 0.15) is 12.0 Å². The Hall–Kier alpha value is -3.36. The second-order valence-electron chi connectivity index (χ2n) is 6.90. The van der Waals surface area contributed by atoms with E-state index in [2.05, 4.69) is 31.7 Å². The molecule has 2 aromatic heterocycles. The third kappa shape index (κ3) is 3.87. The summed E-state index contributed by atoms with van der Waals surface area (Å²) < 4.78 is 34.4. The van der Waals surface area contributed by atoms with Gasteiger partial charge in [0.25, 0.3) is 0 Å². The molecule has 3 heterocycles. The Kier molecular flexibility index (Phi) is 5.19. The second-order valence-corrected chi connectivity index (χ2v) is 8.91. The smallest absolute Gasteiger partial charge is 0.231 e. The summed E-state index contributed by atoms with van der Waals surface area (Å²) in [4.78, 5) is 12.1. The number of rotatable bonds is 6. The fourth-order valence-corrected chi connectivity index (χ4v) is 3.89. The molecule has 0 amide bonds. The van der Waals surface area contributed by atoms with Gasteiger partial charge in [-0.05, 0) is 18.6 Å². The standard InChI is InChI=1S/C19H20N6O4S/c1-28-15-7-13(30(2,26)27)3-4-14(15)23-19-24-17-16(11(8-20)9-21-17)18(25-19)22-12-5-6-29-10-12/h3-4,7,9,12H,5-6,10H2,1-2H3,(H3,21,22,23,24,25). The van der Waals surface area contributed by atoms with Crippen molar-refractivity contribution in [1.29, 1.82) is 5.26 Å². The van der Waals surface area contributed by atoms with E-state index in [0.717, 1.165) is 12.7 Å². The van der Waals surface area contributed by atoms with Crippen LogP contribution in [0.2, 0.25) is 0 Å². The van der Waals surface area contributed by atoms with E-state index in [4.69, 9.17) is 9.47 Å². The molecule has 4 rings (SSSR count). The van der Waals surface area contributed by atoms with Crippen molar-refractivity contribution in [1.82, 2.24) is 15.0 Å². The maximum Gasteiger partial charge on any atom is 0.231 e. The lowest BCUT2D eigenvalue weighted by atomic mass is 10.2. The number of ether oxygens (including phenoxy) is 2. The van der Waals surface area contributed by atoms with E-state index in [1.54, 1.807) is 12.3 Å². The average Bonchev–Trinajstić information content (AvgIpc) is 3.37. The van der Waals surface area contributed by atoms with Crippen molar-refractivity contribution in [3.05, 3.63) is 30.0 Å². The molecular formula is C19H20N6O4S. The molecule has 10 nitrogen and oxygen atoms in total. The van der Waals surface area contributed by atoms with Gasteiger partial charge in [0.15, 0.2) is 9.84 Å². The number of hydrogen-bond acceptors (Lipinski definition) is 9. The molecule has 1 aliphatic rings. The van der Waals surface area contributed by atoms with Gasteiger partial charge in [-0.2, -0.15) is 15.2 Å². The molecule has 1 fully saturated rings. The Labute approximate surface area is 173 Å². The molecule has 11 heteroatoms. The normalized spacial score (nSPS) is 16.4. The Balaban J connectivity index is 1.73. The van der Waals surface area contributed by atoms with Gasteiger partial charge in [-0.3, -0.25) is 0 Å². The highest BCUT2D eigenvalue weighted by Crippen LogP contribution is 2.32. The number of sulfone groups is 1. The van der Waals surface area contributed by atoms with Crippen LogP contribution in [0.15, 0.2) is 29.3 Å². The van der Waals surface area contributed by atoms with Gasteiger partial charge in [0.05, 0.1) is 41.3 Å². The molecule has 0 saturated carbocycles. The Morgan fingerprint density at radius 1 is 1.37 bits per heavy atom. The largest absolute Gasteiger partial charge is 0.495 e. The van der Waals surface area contributed by atoms with Gasteiger partial charge < -0.3 is 25.1 Å². The summed E-state index contributed by atoms with van der Waals surface area (Å²) in [6.45, 7) is 1.22. The predicted octanol–water partition coefficient (Wildman–Crippen LogP) is 2.19. The van der Waals surface area contributed by atoms with E-state index >= 15 is 0 Å².